The van der Waals surface area contributed by atoms with E-state index in [2.05, 4.69) is 4.98 Å². The van der Waals surface area contributed by atoms with Gasteiger partial charge in [0.2, 0.25) is 15.9 Å². The number of hydrogen-bond acceptors (Lipinski definition) is 6. The predicted octanol–water partition coefficient (Wildman–Crippen LogP) is 2.83. The van der Waals surface area contributed by atoms with Gasteiger partial charge < -0.3 is 4.42 Å². The highest BCUT2D eigenvalue weighted by atomic mass is 32.2. The Morgan fingerprint density at radius 2 is 1.76 bits per heavy atom. The minimum absolute atomic E-state index is 0.0119. The lowest BCUT2D eigenvalue weighted by Crippen LogP contribution is -2.22. The number of carbonyl (C=O) groups excluding carboxylic acids is 1. The van der Waals surface area contributed by atoms with Crippen LogP contribution in [0.3, 0.4) is 0 Å². The van der Waals surface area contributed by atoms with Crippen molar-refractivity contribution >= 4 is 15.9 Å². The highest BCUT2D eigenvalue weighted by molar-refractivity contribution is 7.89. The molecule has 152 valence electrons. The third-order valence-electron chi connectivity index (χ3n) is 4.31. The van der Waals surface area contributed by atoms with Crippen molar-refractivity contribution in [2.45, 2.75) is 24.2 Å². The van der Waals surface area contributed by atoms with Gasteiger partial charge in [-0.25, -0.2) is 23.6 Å². The molecule has 0 aliphatic heterocycles. The lowest BCUT2D eigenvalue weighted by molar-refractivity contribution is -0.159. The number of rotatable bonds is 7. The van der Waals surface area contributed by atoms with Gasteiger partial charge in [-0.1, -0.05) is 42.5 Å². The van der Waals surface area contributed by atoms with Crippen LogP contribution in [0.4, 0.5) is 0 Å². The van der Waals surface area contributed by atoms with E-state index in [0.717, 1.165) is 5.56 Å². The molecule has 3 rings (SSSR count). The largest absolute Gasteiger partial charge is 0.440 e. The van der Waals surface area contributed by atoms with Gasteiger partial charge in [0.15, 0.2) is 11.7 Å². The number of hydroxylamine groups is 2. The molecule has 0 spiro atoms. The molecule has 0 bridgehead atoms. The van der Waals surface area contributed by atoms with E-state index < -0.39 is 15.9 Å². The van der Waals surface area contributed by atoms with Crippen LogP contribution in [0.1, 0.15) is 18.7 Å². The van der Waals surface area contributed by atoms with Crippen molar-refractivity contribution in [2.24, 2.45) is 5.14 Å². The molecule has 0 saturated heterocycles. The molecular weight excluding hydrogens is 394 g/mol. The average Bonchev–Trinajstić information content (AvgIpc) is 3.12. The average molecular weight is 415 g/mol. The topological polar surface area (TPSA) is 127 Å². The molecule has 0 unspecified atom stereocenters. The zero-order chi connectivity index (χ0) is 21.0. The van der Waals surface area contributed by atoms with Gasteiger partial charge in [0, 0.05) is 31.0 Å². The number of oxazole rings is 1. The Balaban J connectivity index is 1.92. The van der Waals surface area contributed by atoms with Crippen molar-refractivity contribution < 1.29 is 22.8 Å². The van der Waals surface area contributed by atoms with Crippen molar-refractivity contribution in [3.05, 3.63) is 60.5 Å². The van der Waals surface area contributed by atoms with Crippen molar-refractivity contribution in [2.75, 3.05) is 7.05 Å². The number of primary sulfonamides is 1. The highest BCUT2D eigenvalue weighted by Crippen LogP contribution is 2.33. The smallest absolute Gasteiger partial charge is 0.245 e. The normalized spacial score (nSPS) is 11.4. The molecule has 1 amide bonds. The summed E-state index contributed by atoms with van der Waals surface area (Å²) in [5.74, 6) is 0.607. The maximum Gasteiger partial charge on any atom is 0.245 e. The summed E-state index contributed by atoms with van der Waals surface area (Å²) in [5, 5.41) is 14.9. The number of nitrogens with two attached hydrogens (primary N) is 1. The quantitative estimate of drug-likeness (QED) is 0.451. The van der Waals surface area contributed by atoms with Crippen molar-refractivity contribution in [3.8, 4) is 22.6 Å². The molecule has 9 heteroatoms. The number of benzene rings is 2. The van der Waals surface area contributed by atoms with Crippen LogP contribution in [0.2, 0.25) is 0 Å². The molecule has 0 aliphatic carbocycles. The Morgan fingerprint density at radius 1 is 1.10 bits per heavy atom. The van der Waals surface area contributed by atoms with Crippen LogP contribution in [0.15, 0.2) is 63.9 Å². The fraction of sp³-hybridized carbons (Fsp3) is 0.200. The molecule has 0 saturated carbocycles. The zero-order valence-corrected chi connectivity index (χ0v) is 16.6. The third-order valence-corrected chi connectivity index (χ3v) is 5.24. The van der Waals surface area contributed by atoms with E-state index in [1.165, 1.54) is 19.2 Å². The Labute approximate surface area is 168 Å². The van der Waals surface area contributed by atoms with Gasteiger partial charge in [-0.2, -0.15) is 0 Å². The minimum atomic E-state index is -3.79. The summed E-state index contributed by atoms with van der Waals surface area (Å²) in [7, 11) is -2.50. The molecule has 0 radical (unpaired) electrons. The van der Waals surface area contributed by atoms with Gasteiger partial charge in [0.05, 0.1) is 4.90 Å². The fourth-order valence-corrected chi connectivity index (χ4v) is 3.32. The molecule has 2 aromatic carbocycles. The monoisotopic (exact) mass is 415 g/mol. The second-order valence-electron chi connectivity index (χ2n) is 6.49. The van der Waals surface area contributed by atoms with E-state index in [0.29, 0.717) is 40.8 Å². The van der Waals surface area contributed by atoms with E-state index in [1.807, 2.05) is 30.3 Å². The van der Waals surface area contributed by atoms with Crippen LogP contribution >= 0.6 is 0 Å². The Kier molecular flexibility index (Phi) is 6.12. The van der Waals surface area contributed by atoms with Crippen LogP contribution in [0.25, 0.3) is 22.6 Å². The maximum atomic E-state index is 11.5. The second-order valence-corrected chi connectivity index (χ2v) is 8.05. The van der Waals surface area contributed by atoms with Crippen LogP contribution in [0.5, 0.6) is 0 Å². The SMILES string of the molecule is CN(O)C(=O)CCCc1nc(-c2ccc(S(N)(=O)=O)cc2)c(-c2ccccc2)o1. The van der Waals surface area contributed by atoms with E-state index in [1.54, 1.807) is 12.1 Å². The van der Waals surface area contributed by atoms with Crippen LogP contribution in [0, 0.1) is 0 Å². The molecule has 0 aliphatic rings. The lowest BCUT2D eigenvalue weighted by Gasteiger charge is -2.06. The molecule has 3 aromatic rings. The number of carbonyl (C=O) groups is 1. The van der Waals surface area contributed by atoms with Gasteiger partial charge in [0.25, 0.3) is 0 Å². The van der Waals surface area contributed by atoms with Crippen LogP contribution in [-0.2, 0) is 21.2 Å². The summed E-state index contributed by atoms with van der Waals surface area (Å²) >= 11 is 0. The first-order valence-electron chi connectivity index (χ1n) is 8.89. The number of sulfonamides is 1. The van der Waals surface area contributed by atoms with Crippen LogP contribution < -0.4 is 5.14 Å². The zero-order valence-electron chi connectivity index (χ0n) is 15.8. The Morgan fingerprint density at radius 3 is 2.34 bits per heavy atom. The Bertz CT molecular complexity index is 1090. The Hall–Kier alpha value is -3.01. The summed E-state index contributed by atoms with van der Waals surface area (Å²) in [5.41, 5.74) is 2.07. The first-order valence-corrected chi connectivity index (χ1v) is 10.4. The van der Waals surface area contributed by atoms with E-state index in [-0.39, 0.29) is 11.3 Å². The number of aryl methyl sites for hydroxylation is 1. The molecule has 0 atom stereocenters. The third kappa shape index (κ3) is 5.08. The van der Waals surface area contributed by atoms with Gasteiger partial charge in [-0.05, 0) is 18.6 Å². The molecular formula is C20H21N3O5S. The summed E-state index contributed by atoms with van der Waals surface area (Å²) in [6.45, 7) is 0. The van der Waals surface area contributed by atoms with Crippen molar-refractivity contribution in [1.29, 1.82) is 0 Å². The van der Waals surface area contributed by atoms with Gasteiger partial charge in [-0.15, -0.1) is 0 Å². The number of aromatic nitrogens is 1. The first kappa shape index (κ1) is 20.7. The molecule has 29 heavy (non-hydrogen) atoms. The molecule has 0 fully saturated rings. The predicted molar refractivity (Wildman–Crippen MR) is 106 cm³/mol. The number of hydrogen-bond donors (Lipinski definition) is 2. The molecule has 1 heterocycles. The first-order chi connectivity index (χ1) is 13.8. The summed E-state index contributed by atoms with van der Waals surface area (Å²) in [6, 6.07) is 15.5. The highest BCUT2D eigenvalue weighted by Gasteiger charge is 2.18. The summed E-state index contributed by atoms with van der Waals surface area (Å²) in [6.07, 6.45) is 1.03. The second kappa shape index (κ2) is 8.56. The molecule has 1 aromatic heterocycles. The maximum absolute atomic E-state index is 11.5. The van der Waals surface area contributed by atoms with Gasteiger partial charge in [-0.3, -0.25) is 10.0 Å². The van der Waals surface area contributed by atoms with Gasteiger partial charge in [0.1, 0.15) is 5.69 Å². The van der Waals surface area contributed by atoms with Crippen molar-refractivity contribution in [1.82, 2.24) is 10.0 Å². The standard InChI is InChI=1S/C20H21N3O5S/c1-23(25)18(24)9-5-8-17-22-19(20(28-17)15-6-3-2-4-7-15)14-10-12-16(13-11-14)29(21,26)27/h2-4,6-7,10-13,25H,5,8-9H2,1H3,(H2,21,26,27). The van der Waals surface area contributed by atoms with E-state index in [9.17, 15) is 13.2 Å². The summed E-state index contributed by atoms with van der Waals surface area (Å²) < 4.78 is 28.9. The minimum Gasteiger partial charge on any atom is -0.440 e. The lowest BCUT2D eigenvalue weighted by atomic mass is 10.1. The molecule has 3 N–H and O–H groups in total. The number of nitrogens with zero attached hydrogens (tertiary/aromatic N) is 2. The summed E-state index contributed by atoms with van der Waals surface area (Å²) in [4.78, 5) is 16.1. The molecule has 8 nitrogen and oxygen atoms in total. The number of amides is 1. The van der Waals surface area contributed by atoms with Crippen molar-refractivity contribution in [3.63, 3.8) is 0 Å². The fourth-order valence-electron chi connectivity index (χ4n) is 2.81. The van der Waals surface area contributed by atoms with Gasteiger partial charge >= 0.3 is 0 Å². The van der Waals surface area contributed by atoms with E-state index >= 15 is 0 Å². The van der Waals surface area contributed by atoms with E-state index in [4.69, 9.17) is 14.8 Å². The van der Waals surface area contributed by atoms with Crippen LogP contribution in [-0.4, -0.2) is 36.6 Å².